The van der Waals surface area contributed by atoms with E-state index in [1.54, 1.807) is 19.1 Å². The summed E-state index contributed by atoms with van der Waals surface area (Å²) in [6.07, 6.45) is 2.12. The molecule has 2 atom stereocenters. The highest BCUT2D eigenvalue weighted by Crippen LogP contribution is 2.19. The fourth-order valence-electron chi connectivity index (χ4n) is 1.93. The van der Waals surface area contributed by atoms with Crippen LogP contribution in [0.4, 0.5) is 0 Å². The number of hydrogen-bond donors (Lipinski definition) is 3. The molecule has 0 aromatic heterocycles. The summed E-state index contributed by atoms with van der Waals surface area (Å²) in [5, 5.41) is 5.69. The molecule has 128 valence electrons. The van der Waals surface area contributed by atoms with Crippen LogP contribution >= 0.6 is 12.4 Å². The van der Waals surface area contributed by atoms with Crippen LogP contribution in [0.25, 0.3) is 0 Å². The Balaban J connectivity index is 0.00000264. The number of amides is 2. The van der Waals surface area contributed by atoms with E-state index in [0.717, 1.165) is 18.4 Å². The van der Waals surface area contributed by atoms with Gasteiger partial charge in [0, 0.05) is 6.04 Å². The van der Waals surface area contributed by atoms with Gasteiger partial charge in [0.1, 0.15) is 5.75 Å². The number of benzene rings is 1. The lowest BCUT2D eigenvalue weighted by Gasteiger charge is -2.16. The summed E-state index contributed by atoms with van der Waals surface area (Å²) < 4.78 is 5.43. The van der Waals surface area contributed by atoms with Crippen molar-refractivity contribution in [3.63, 3.8) is 0 Å². The van der Waals surface area contributed by atoms with Crippen LogP contribution in [0.2, 0.25) is 0 Å². The minimum Gasteiger partial charge on any atom is -0.484 e. The summed E-state index contributed by atoms with van der Waals surface area (Å²) in [6.45, 7) is 3.55. The number of ether oxygens (including phenoxy) is 1. The zero-order valence-electron chi connectivity index (χ0n) is 13.4. The fraction of sp³-hybridized carbons (Fsp3) is 0.500. The molecule has 23 heavy (non-hydrogen) atoms. The molecular weight excluding hydrogens is 318 g/mol. The molecule has 0 aliphatic heterocycles. The third kappa shape index (κ3) is 6.46. The van der Waals surface area contributed by atoms with E-state index >= 15 is 0 Å². The summed E-state index contributed by atoms with van der Waals surface area (Å²) in [4.78, 5) is 23.1. The number of halogens is 1. The van der Waals surface area contributed by atoms with Gasteiger partial charge in [-0.2, -0.15) is 0 Å². The molecule has 6 nitrogen and oxygen atoms in total. The molecule has 1 aliphatic carbocycles. The van der Waals surface area contributed by atoms with E-state index in [1.807, 2.05) is 19.1 Å². The van der Waals surface area contributed by atoms with Crippen molar-refractivity contribution in [2.75, 3.05) is 6.61 Å². The Morgan fingerprint density at radius 3 is 2.39 bits per heavy atom. The van der Waals surface area contributed by atoms with Crippen LogP contribution in [-0.2, 0) is 9.59 Å². The predicted molar refractivity (Wildman–Crippen MR) is 90.6 cm³/mol. The van der Waals surface area contributed by atoms with Gasteiger partial charge in [-0.25, -0.2) is 0 Å². The minimum atomic E-state index is -0.532. The second-order valence-corrected chi connectivity index (χ2v) is 5.72. The summed E-state index contributed by atoms with van der Waals surface area (Å²) in [5.74, 6) is 0.342. The van der Waals surface area contributed by atoms with Crippen molar-refractivity contribution in [1.29, 1.82) is 0 Å². The molecule has 1 aromatic rings. The molecule has 2 rings (SSSR count). The van der Waals surface area contributed by atoms with Crippen LogP contribution in [0.3, 0.4) is 0 Å². The Kier molecular flexibility index (Phi) is 7.32. The summed E-state index contributed by atoms with van der Waals surface area (Å²) in [7, 11) is 0. The van der Waals surface area contributed by atoms with Gasteiger partial charge in [-0.1, -0.05) is 12.1 Å². The van der Waals surface area contributed by atoms with Gasteiger partial charge in [-0.15, -0.1) is 12.4 Å². The fourth-order valence-corrected chi connectivity index (χ4v) is 1.93. The van der Waals surface area contributed by atoms with Gasteiger partial charge in [-0.3, -0.25) is 9.59 Å². The maximum absolute atomic E-state index is 11.6. The SMILES string of the molecule is CC(NC(=O)[C@@H](C)N)c1ccc(OCC(=O)NC2CC2)cc1.Cl. The number of nitrogens with two attached hydrogens (primary N) is 1. The average Bonchev–Trinajstić information content (AvgIpc) is 3.29. The van der Waals surface area contributed by atoms with Gasteiger partial charge < -0.3 is 21.1 Å². The monoisotopic (exact) mass is 341 g/mol. The molecular formula is C16H24ClN3O3. The molecule has 0 radical (unpaired) electrons. The first-order valence-electron chi connectivity index (χ1n) is 7.54. The van der Waals surface area contributed by atoms with E-state index < -0.39 is 6.04 Å². The zero-order valence-corrected chi connectivity index (χ0v) is 14.2. The molecule has 2 amide bonds. The molecule has 1 aromatic carbocycles. The van der Waals surface area contributed by atoms with Crippen LogP contribution < -0.4 is 21.1 Å². The average molecular weight is 342 g/mol. The Bertz CT molecular complexity index is 530. The highest BCUT2D eigenvalue weighted by molar-refractivity contribution is 5.85. The second-order valence-electron chi connectivity index (χ2n) is 5.72. The maximum Gasteiger partial charge on any atom is 0.258 e. The maximum atomic E-state index is 11.6. The highest BCUT2D eigenvalue weighted by Gasteiger charge is 2.23. The van der Waals surface area contributed by atoms with E-state index in [1.165, 1.54) is 0 Å². The lowest BCUT2D eigenvalue weighted by Crippen LogP contribution is -2.39. The molecule has 1 saturated carbocycles. The molecule has 0 spiro atoms. The quantitative estimate of drug-likeness (QED) is 0.696. The van der Waals surface area contributed by atoms with Gasteiger partial charge >= 0.3 is 0 Å². The van der Waals surface area contributed by atoms with Crippen LogP contribution in [0, 0.1) is 0 Å². The standard InChI is InChI=1S/C16H23N3O3.ClH/c1-10(17)16(21)18-11(2)12-3-7-14(8-4-12)22-9-15(20)19-13-5-6-13;/h3-4,7-8,10-11,13H,5-6,9,17H2,1-2H3,(H,18,21)(H,19,20);1H/t10-,11?;/m1./s1. The van der Waals surface area contributed by atoms with Crippen molar-refractivity contribution in [1.82, 2.24) is 10.6 Å². The molecule has 0 saturated heterocycles. The topological polar surface area (TPSA) is 93.5 Å². The molecule has 0 bridgehead atoms. The van der Waals surface area contributed by atoms with Gasteiger partial charge in [0.15, 0.2) is 6.61 Å². The first-order chi connectivity index (χ1) is 10.5. The number of hydrogen-bond acceptors (Lipinski definition) is 4. The number of rotatable bonds is 7. The van der Waals surface area contributed by atoms with Crippen molar-refractivity contribution < 1.29 is 14.3 Å². The Hall–Kier alpha value is -1.79. The van der Waals surface area contributed by atoms with Crippen LogP contribution in [0.1, 0.15) is 38.3 Å². The predicted octanol–water partition coefficient (Wildman–Crippen LogP) is 1.29. The Labute approximate surface area is 142 Å². The van der Waals surface area contributed by atoms with E-state index in [0.29, 0.717) is 11.8 Å². The second kappa shape index (κ2) is 8.74. The van der Waals surface area contributed by atoms with Crippen molar-refractivity contribution >= 4 is 24.2 Å². The molecule has 4 N–H and O–H groups in total. The van der Waals surface area contributed by atoms with Crippen molar-refractivity contribution in [3.8, 4) is 5.75 Å². The third-order valence-corrected chi connectivity index (χ3v) is 3.46. The summed E-state index contributed by atoms with van der Waals surface area (Å²) >= 11 is 0. The van der Waals surface area contributed by atoms with Crippen molar-refractivity contribution in [3.05, 3.63) is 29.8 Å². The zero-order chi connectivity index (χ0) is 16.1. The first kappa shape index (κ1) is 19.3. The van der Waals surface area contributed by atoms with E-state index in [4.69, 9.17) is 10.5 Å². The summed E-state index contributed by atoms with van der Waals surface area (Å²) in [6, 6.07) is 6.97. The first-order valence-corrected chi connectivity index (χ1v) is 7.54. The Morgan fingerprint density at radius 1 is 1.26 bits per heavy atom. The Morgan fingerprint density at radius 2 is 1.87 bits per heavy atom. The van der Waals surface area contributed by atoms with E-state index in [9.17, 15) is 9.59 Å². The van der Waals surface area contributed by atoms with E-state index in [2.05, 4.69) is 10.6 Å². The van der Waals surface area contributed by atoms with Crippen molar-refractivity contribution in [2.24, 2.45) is 5.73 Å². The lowest BCUT2D eigenvalue weighted by molar-refractivity contribution is -0.123. The highest BCUT2D eigenvalue weighted by atomic mass is 35.5. The molecule has 7 heteroatoms. The number of carbonyl (C=O) groups is 2. The lowest BCUT2D eigenvalue weighted by atomic mass is 10.1. The molecule has 0 heterocycles. The van der Waals surface area contributed by atoms with Gasteiger partial charge in [-0.05, 0) is 44.4 Å². The largest absolute Gasteiger partial charge is 0.484 e. The normalized spacial score (nSPS) is 15.8. The van der Waals surface area contributed by atoms with Crippen LogP contribution in [0.15, 0.2) is 24.3 Å². The van der Waals surface area contributed by atoms with E-state index in [-0.39, 0.29) is 36.9 Å². The van der Waals surface area contributed by atoms with Gasteiger partial charge in [0.2, 0.25) is 5.91 Å². The smallest absolute Gasteiger partial charge is 0.258 e. The molecule has 1 fully saturated rings. The summed E-state index contributed by atoms with van der Waals surface area (Å²) in [5.41, 5.74) is 6.47. The van der Waals surface area contributed by atoms with Crippen LogP contribution in [-0.4, -0.2) is 30.5 Å². The third-order valence-electron chi connectivity index (χ3n) is 3.46. The minimum absolute atomic E-state index is 0. The van der Waals surface area contributed by atoms with Gasteiger partial charge in [0.05, 0.1) is 12.1 Å². The number of nitrogens with one attached hydrogen (secondary N) is 2. The number of carbonyl (C=O) groups excluding carboxylic acids is 2. The van der Waals surface area contributed by atoms with Gasteiger partial charge in [0.25, 0.3) is 5.91 Å². The van der Waals surface area contributed by atoms with Crippen LogP contribution in [0.5, 0.6) is 5.75 Å². The molecule has 1 unspecified atom stereocenters. The molecule has 1 aliphatic rings. The van der Waals surface area contributed by atoms with Crippen molar-refractivity contribution in [2.45, 2.75) is 44.8 Å².